The molecule has 0 saturated heterocycles. The predicted octanol–water partition coefficient (Wildman–Crippen LogP) is 3.93. The Morgan fingerprint density at radius 2 is 1.71 bits per heavy atom. The summed E-state index contributed by atoms with van der Waals surface area (Å²) in [4.78, 5) is 0. The third-order valence-electron chi connectivity index (χ3n) is 3.20. The van der Waals surface area contributed by atoms with Gasteiger partial charge >= 0.3 is 0 Å². The summed E-state index contributed by atoms with van der Waals surface area (Å²) in [5.74, 6) is 0.933. The van der Waals surface area contributed by atoms with E-state index in [0.29, 0.717) is 0 Å². The second-order valence-electron chi connectivity index (χ2n) is 4.50. The van der Waals surface area contributed by atoms with Gasteiger partial charge in [0, 0.05) is 0 Å². The van der Waals surface area contributed by atoms with Crippen LogP contribution in [0.25, 0.3) is 0 Å². The molecule has 0 heterocycles. The highest BCUT2D eigenvalue weighted by Gasteiger charge is 2.13. The van der Waals surface area contributed by atoms with Crippen LogP contribution in [0, 0.1) is 19.3 Å². The molecule has 1 radical (unpaired) electrons. The zero-order valence-corrected chi connectivity index (χ0v) is 9.00. The van der Waals surface area contributed by atoms with Crippen molar-refractivity contribution in [3.05, 3.63) is 41.8 Å². The lowest BCUT2D eigenvalue weighted by Gasteiger charge is -2.21. The fourth-order valence-corrected chi connectivity index (χ4v) is 2.26. The largest absolute Gasteiger partial charge is 0.0591 e. The predicted molar refractivity (Wildman–Crippen MR) is 61.1 cm³/mol. The van der Waals surface area contributed by atoms with Crippen molar-refractivity contribution in [2.24, 2.45) is 5.92 Å². The van der Waals surface area contributed by atoms with Gasteiger partial charge in [-0.2, -0.15) is 0 Å². The molecule has 0 bridgehead atoms. The maximum absolute atomic E-state index is 2.44. The molecule has 0 nitrogen and oxygen atoms in total. The first kappa shape index (κ1) is 9.76. The van der Waals surface area contributed by atoms with Crippen LogP contribution in [-0.4, -0.2) is 0 Å². The summed E-state index contributed by atoms with van der Waals surface area (Å²) >= 11 is 0. The van der Waals surface area contributed by atoms with Crippen LogP contribution in [0.4, 0.5) is 0 Å². The van der Waals surface area contributed by atoms with Gasteiger partial charge in [-0.25, -0.2) is 0 Å². The summed E-state index contributed by atoms with van der Waals surface area (Å²) < 4.78 is 0. The highest BCUT2D eigenvalue weighted by atomic mass is 14.2. The molecule has 0 aromatic heterocycles. The van der Waals surface area contributed by atoms with E-state index < -0.39 is 0 Å². The topological polar surface area (TPSA) is 0 Å². The number of hydrogen-bond donors (Lipinski definition) is 0. The van der Waals surface area contributed by atoms with Crippen LogP contribution in [0.15, 0.2) is 24.3 Å². The van der Waals surface area contributed by atoms with Crippen molar-refractivity contribution in [3.8, 4) is 0 Å². The molecular weight excluding hydrogens is 168 g/mol. The Hall–Kier alpha value is -0.780. The quantitative estimate of drug-likeness (QED) is 0.658. The lowest BCUT2D eigenvalue weighted by molar-refractivity contribution is 0.403. The SMILES string of the molecule is Cc1ccc(CC2CC[CH]CC2)cc1. The van der Waals surface area contributed by atoms with Gasteiger partial charge in [0.25, 0.3) is 0 Å². The molecule has 1 aliphatic carbocycles. The molecule has 1 aromatic carbocycles. The Morgan fingerprint density at radius 3 is 2.36 bits per heavy atom. The van der Waals surface area contributed by atoms with Gasteiger partial charge in [-0.15, -0.1) is 0 Å². The smallest absolute Gasteiger partial charge is 0.0250 e. The van der Waals surface area contributed by atoms with Crippen LogP contribution >= 0.6 is 0 Å². The maximum atomic E-state index is 2.44. The fourth-order valence-electron chi connectivity index (χ4n) is 2.26. The number of rotatable bonds is 2. The van der Waals surface area contributed by atoms with Crippen molar-refractivity contribution in [2.75, 3.05) is 0 Å². The van der Waals surface area contributed by atoms with E-state index in [4.69, 9.17) is 0 Å². The monoisotopic (exact) mass is 187 g/mol. The van der Waals surface area contributed by atoms with E-state index >= 15 is 0 Å². The van der Waals surface area contributed by atoms with Crippen LogP contribution in [0.3, 0.4) is 0 Å². The van der Waals surface area contributed by atoms with Crippen molar-refractivity contribution in [1.29, 1.82) is 0 Å². The molecule has 1 saturated carbocycles. The number of benzene rings is 1. The van der Waals surface area contributed by atoms with E-state index in [1.54, 1.807) is 0 Å². The molecule has 75 valence electrons. The van der Waals surface area contributed by atoms with Gasteiger partial charge in [-0.05, 0) is 56.9 Å². The molecule has 0 atom stereocenters. The molecule has 2 rings (SSSR count). The molecule has 0 spiro atoms. The van der Waals surface area contributed by atoms with Crippen molar-refractivity contribution >= 4 is 0 Å². The van der Waals surface area contributed by atoms with Gasteiger partial charge < -0.3 is 0 Å². The number of aryl methyl sites for hydroxylation is 1. The normalized spacial score (nSPS) is 18.4. The lowest BCUT2D eigenvalue weighted by Crippen LogP contribution is -2.09. The van der Waals surface area contributed by atoms with Gasteiger partial charge in [0.05, 0.1) is 0 Å². The first-order valence-electron chi connectivity index (χ1n) is 5.72. The van der Waals surface area contributed by atoms with Crippen LogP contribution in [0.5, 0.6) is 0 Å². The van der Waals surface area contributed by atoms with E-state index in [1.807, 2.05) is 0 Å². The van der Waals surface area contributed by atoms with Crippen molar-refractivity contribution in [1.82, 2.24) is 0 Å². The molecule has 0 amide bonds. The standard InChI is InChI=1S/C14H19/c1-12-7-9-14(10-8-12)11-13-5-3-2-4-6-13/h2,7-10,13H,3-6,11H2,1H3. The first-order chi connectivity index (χ1) is 6.84. The molecule has 0 aliphatic heterocycles. The van der Waals surface area contributed by atoms with Crippen LogP contribution in [0.1, 0.15) is 36.8 Å². The Bertz CT molecular complexity index is 265. The molecule has 0 unspecified atom stereocenters. The second-order valence-corrected chi connectivity index (χ2v) is 4.50. The fraction of sp³-hybridized carbons (Fsp3) is 0.500. The summed E-state index contributed by atoms with van der Waals surface area (Å²) in [7, 11) is 0. The molecule has 0 N–H and O–H groups in total. The van der Waals surface area contributed by atoms with Crippen LogP contribution in [0.2, 0.25) is 0 Å². The molecular formula is C14H19. The molecule has 1 aliphatic rings. The maximum Gasteiger partial charge on any atom is -0.0250 e. The Kier molecular flexibility index (Phi) is 3.23. The van der Waals surface area contributed by atoms with E-state index in [9.17, 15) is 0 Å². The van der Waals surface area contributed by atoms with Gasteiger partial charge in [-0.1, -0.05) is 29.8 Å². The first-order valence-corrected chi connectivity index (χ1v) is 5.72. The summed E-state index contributed by atoms with van der Waals surface area (Å²) in [6, 6.07) is 9.02. The molecule has 1 fully saturated rings. The lowest BCUT2D eigenvalue weighted by atomic mass is 9.85. The molecule has 14 heavy (non-hydrogen) atoms. The van der Waals surface area contributed by atoms with Crippen LogP contribution in [-0.2, 0) is 6.42 Å². The minimum atomic E-state index is 0.933. The highest BCUT2D eigenvalue weighted by Crippen LogP contribution is 2.26. The average molecular weight is 187 g/mol. The van der Waals surface area contributed by atoms with E-state index in [-0.39, 0.29) is 0 Å². The zero-order chi connectivity index (χ0) is 9.80. The second kappa shape index (κ2) is 4.63. The minimum Gasteiger partial charge on any atom is -0.0591 e. The molecule has 1 aromatic rings. The van der Waals surface area contributed by atoms with Crippen molar-refractivity contribution < 1.29 is 0 Å². The summed E-state index contributed by atoms with van der Waals surface area (Å²) in [5.41, 5.74) is 2.88. The molecule has 0 heteroatoms. The Labute approximate surface area is 87.3 Å². The summed E-state index contributed by atoms with van der Waals surface area (Å²) in [6.45, 7) is 2.15. The van der Waals surface area contributed by atoms with Crippen molar-refractivity contribution in [2.45, 2.75) is 39.0 Å². The minimum absolute atomic E-state index is 0.933. The van der Waals surface area contributed by atoms with Gasteiger partial charge in [-0.3, -0.25) is 0 Å². The number of hydrogen-bond acceptors (Lipinski definition) is 0. The van der Waals surface area contributed by atoms with Crippen molar-refractivity contribution in [3.63, 3.8) is 0 Å². The van der Waals surface area contributed by atoms with Gasteiger partial charge in [0.15, 0.2) is 0 Å². The van der Waals surface area contributed by atoms with E-state index in [0.717, 1.165) is 5.92 Å². The van der Waals surface area contributed by atoms with E-state index in [1.165, 1.54) is 43.2 Å². The summed E-state index contributed by atoms with van der Waals surface area (Å²) in [6.07, 6.45) is 9.18. The van der Waals surface area contributed by atoms with Gasteiger partial charge in [0.2, 0.25) is 0 Å². The van der Waals surface area contributed by atoms with E-state index in [2.05, 4.69) is 37.6 Å². The summed E-state index contributed by atoms with van der Waals surface area (Å²) in [5, 5.41) is 0. The zero-order valence-electron chi connectivity index (χ0n) is 9.00. The third-order valence-corrected chi connectivity index (χ3v) is 3.20. The van der Waals surface area contributed by atoms with Crippen LogP contribution < -0.4 is 0 Å². The Morgan fingerprint density at radius 1 is 1.07 bits per heavy atom. The van der Waals surface area contributed by atoms with Gasteiger partial charge in [0.1, 0.15) is 0 Å². The highest BCUT2D eigenvalue weighted by molar-refractivity contribution is 5.21. The third kappa shape index (κ3) is 2.60. The average Bonchev–Trinajstić information content (AvgIpc) is 2.23. The Balaban J connectivity index is 1.92.